The van der Waals surface area contributed by atoms with Crippen LogP contribution in [0.4, 0.5) is 5.82 Å². The smallest absolute Gasteiger partial charge is 0.343 e. The number of imidazole rings is 1. The van der Waals surface area contributed by atoms with Crippen molar-refractivity contribution in [1.29, 1.82) is 0 Å². The molecule has 1 aromatic carbocycles. The van der Waals surface area contributed by atoms with Crippen LogP contribution in [0.2, 0.25) is 0 Å². The first-order valence-electron chi connectivity index (χ1n) is 6.83. The molecule has 9 heteroatoms. The Balaban J connectivity index is 1.76. The first-order chi connectivity index (χ1) is 11.0. The Bertz CT molecular complexity index is 839. The molecule has 0 aliphatic carbocycles. The number of aromatic nitrogens is 5. The summed E-state index contributed by atoms with van der Waals surface area (Å²) in [5.74, 6) is 0.518. The van der Waals surface area contributed by atoms with Gasteiger partial charge in [-0.05, 0) is 22.6 Å². The number of nitro groups is 1. The van der Waals surface area contributed by atoms with E-state index in [0.717, 1.165) is 10.0 Å². The Kier molecular flexibility index (Phi) is 4.20. The minimum atomic E-state index is -0.452. The van der Waals surface area contributed by atoms with Gasteiger partial charge in [-0.1, -0.05) is 33.3 Å². The molecule has 3 aromatic rings. The van der Waals surface area contributed by atoms with E-state index in [-0.39, 0.29) is 12.4 Å². The Morgan fingerprint density at radius 1 is 1.26 bits per heavy atom. The van der Waals surface area contributed by atoms with Crippen molar-refractivity contribution >= 4 is 21.7 Å². The number of benzene rings is 1. The van der Waals surface area contributed by atoms with Gasteiger partial charge in [0.2, 0.25) is 0 Å². The highest BCUT2D eigenvalue weighted by atomic mass is 79.9. The van der Waals surface area contributed by atoms with Crippen LogP contribution >= 0.6 is 15.9 Å². The number of nitrogens with zero attached hydrogens (tertiary/aromatic N) is 6. The fourth-order valence-electron chi connectivity index (χ4n) is 2.22. The number of rotatable bonds is 5. The highest BCUT2D eigenvalue weighted by Gasteiger charge is 2.18. The fourth-order valence-corrected chi connectivity index (χ4v) is 2.49. The lowest BCUT2D eigenvalue weighted by atomic mass is 10.2. The van der Waals surface area contributed by atoms with Crippen molar-refractivity contribution in [3.05, 3.63) is 68.3 Å². The molecule has 0 aliphatic heterocycles. The molecule has 0 atom stereocenters. The van der Waals surface area contributed by atoms with Crippen LogP contribution in [0.3, 0.4) is 0 Å². The summed E-state index contributed by atoms with van der Waals surface area (Å²) in [5, 5.41) is 19.1. The first-order valence-corrected chi connectivity index (χ1v) is 7.62. The Morgan fingerprint density at radius 2 is 2.00 bits per heavy atom. The van der Waals surface area contributed by atoms with Gasteiger partial charge in [0, 0.05) is 11.4 Å². The number of halogens is 1. The zero-order chi connectivity index (χ0) is 16.4. The molecular formula is C14H13BrN6O2. The van der Waals surface area contributed by atoms with Gasteiger partial charge in [0.1, 0.15) is 18.4 Å². The van der Waals surface area contributed by atoms with Crippen LogP contribution in [0, 0.1) is 17.0 Å². The van der Waals surface area contributed by atoms with Gasteiger partial charge in [0.15, 0.2) is 5.82 Å². The lowest BCUT2D eigenvalue weighted by molar-refractivity contribution is -0.392. The topological polar surface area (TPSA) is 91.7 Å². The number of aryl methyl sites for hydroxylation is 1. The fraction of sp³-hybridized carbons (Fsp3) is 0.214. The molecule has 0 N–H and O–H groups in total. The number of hydrogen-bond donors (Lipinski definition) is 0. The van der Waals surface area contributed by atoms with Crippen LogP contribution in [0.25, 0.3) is 0 Å². The molecule has 3 rings (SSSR count). The molecule has 0 radical (unpaired) electrons. The van der Waals surface area contributed by atoms with Crippen LogP contribution in [-0.4, -0.2) is 29.5 Å². The van der Waals surface area contributed by atoms with Gasteiger partial charge < -0.3 is 10.1 Å². The molecule has 0 bridgehead atoms. The predicted molar refractivity (Wildman–Crippen MR) is 86.0 cm³/mol. The molecular weight excluding hydrogens is 364 g/mol. The molecule has 118 valence electrons. The molecule has 8 nitrogen and oxygen atoms in total. The van der Waals surface area contributed by atoms with E-state index in [1.165, 1.54) is 10.8 Å². The van der Waals surface area contributed by atoms with Crippen LogP contribution in [-0.2, 0) is 13.1 Å². The zero-order valence-electron chi connectivity index (χ0n) is 12.3. The molecule has 0 aliphatic rings. The summed E-state index contributed by atoms with van der Waals surface area (Å²) >= 11 is 3.39. The third-order valence-corrected chi connectivity index (χ3v) is 3.91. The van der Waals surface area contributed by atoms with Gasteiger partial charge in [-0.25, -0.2) is 14.2 Å². The average Bonchev–Trinajstić information content (AvgIpc) is 3.10. The van der Waals surface area contributed by atoms with E-state index in [2.05, 4.69) is 31.2 Å². The maximum atomic E-state index is 11.0. The van der Waals surface area contributed by atoms with Crippen molar-refractivity contribution in [2.24, 2.45) is 0 Å². The lowest BCUT2D eigenvalue weighted by Crippen LogP contribution is -2.06. The van der Waals surface area contributed by atoms with Crippen LogP contribution < -0.4 is 0 Å². The molecule has 2 aromatic heterocycles. The molecule has 0 saturated heterocycles. The van der Waals surface area contributed by atoms with E-state index in [1.54, 1.807) is 17.8 Å². The van der Waals surface area contributed by atoms with E-state index in [0.29, 0.717) is 18.1 Å². The van der Waals surface area contributed by atoms with Crippen LogP contribution in [0.5, 0.6) is 0 Å². The minimum Gasteiger partial charge on any atom is -0.358 e. The van der Waals surface area contributed by atoms with E-state index < -0.39 is 4.92 Å². The molecule has 0 spiro atoms. The van der Waals surface area contributed by atoms with Gasteiger partial charge in [0.05, 0.1) is 12.7 Å². The quantitative estimate of drug-likeness (QED) is 0.503. The Labute approximate surface area is 140 Å². The van der Waals surface area contributed by atoms with Crippen molar-refractivity contribution in [3.8, 4) is 0 Å². The predicted octanol–water partition coefficient (Wildman–Crippen LogP) is 2.55. The van der Waals surface area contributed by atoms with Crippen molar-refractivity contribution in [2.75, 3.05) is 0 Å². The average molecular weight is 377 g/mol. The molecule has 0 unspecified atom stereocenters. The highest BCUT2D eigenvalue weighted by Crippen LogP contribution is 2.15. The van der Waals surface area contributed by atoms with E-state index in [1.807, 2.05) is 24.3 Å². The summed E-state index contributed by atoms with van der Waals surface area (Å²) in [4.78, 5) is 14.5. The monoisotopic (exact) mass is 376 g/mol. The van der Waals surface area contributed by atoms with Crippen molar-refractivity contribution in [1.82, 2.24) is 24.5 Å². The molecule has 0 saturated carbocycles. The summed E-state index contributed by atoms with van der Waals surface area (Å²) in [6.45, 7) is 2.58. The van der Waals surface area contributed by atoms with Crippen molar-refractivity contribution in [3.63, 3.8) is 0 Å². The summed E-state index contributed by atoms with van der Waals surface area (Å²) in [6, 6.07) is 7.92. The van der Waals surface area contributed by atoms with E-state index in [4.69, 9.17) is 0 Å². The molecule has 23 heavy (non-hydrogen) atoms. The normalized spacial score (nSPS) is 10.9. The maximum absolute atomic E-state index is 11.0. The first kappa shape index (κ1) is 15.3. The van der Waals surface area contributed by atoms with E-state index in [9.17, 15) is 10.1 Å². The van der Waals surface area contributed by atoms with Gasteiger partial charge in [-0.3, -0.25) is 0 Å². The van der Waals surface area contributed by atoms with Crippen molar-refractivity contribution in [2.45, 2.75) is 20.0 Å². The lowest BCUT2D eigenvalue weighted by Gasteiger charge is -2.01. The van der Waals surface area contributed by atoms with Gasteiger partial charge >= 0.3 is 5.82 Å². The highest BCUT2D eigenvalue weighted by molar-refractivity contribution is 9.10. The van der Waals surface area contributed by atoms with Crippen LogP contribution in [0.15, 0.2) is 41.1 Å². The largest absolute Gasteiger partial charge is 0.358 e. The van der Waals surface area contributed by atoms with E-state index >= 15 is 0 Å². The van der Waals surface area contributed by atoms with Gasteiger partial charge in [-0.15, -0.1) is 5.10 Å². The third kappa shape index (κ3) is 3.45. The Morgan fingerprint density at radius 3 is 2.70 bits per heavy atom. The number of hydrogen-bond acceptors (Lipinski definition) is 5. The zero-order valence-corrected chi connectivity index (χ0v) is 13.8. The third-order valence-electron chi connectivity index (χ3n) is 3.39. The summed E-state index contributed by atoms with van der Waals surface area (Å²) in [6.07, 6.45) is 3.03. The maximum Gasteiger partial charge on any atom is 0.343 e. The van der Waals surface area contributed by atoms with Gasteiger partial charge in [-0.2, -0.15) is 0 Å². The minimum absolute atomic E-state index is 0.0510. The summed E-state index contributed by atoms with van der Waals surface area (Å²) in [7, 11) is 0. The standard InChI is InChI=1S/C14H13BrN6O2/c1-10-16-6-14(21(22)23)20(10)9-13-8-19(18-17-13)7-11-2-4-12(15)5-3-11/h2-6,8H,7,9H2,1H3. The molecule has 0 amide bonds. The second-order valence-electron chi connectivity index (χ2n) is 5.04. The molecule has 2 heterocycles. The molecule has 0 fully saturated rings. The van der Waals surface area contributed by atoms with Crippen LogP contribution in [0.1, 0.15) is 17.1 Å². The summed E-state index contributed by atoms with van der Waals surface area (Å²) in [5.41, 5.74) is 1.74. The summed E-state index contributed by atoms with van der Waals surface area (Å²) < 4.78 is 4.23. The second-order valence-corrected chi connectivity index (χ2v) is 5.96. The second kappa shape index (κ2) is 6.29. The van der Waals surface area contributed by atoms with Crippen molar-refractivity contribution < 1.29 is 4.92 Å². The SMILES string of the molecule is Cc1ncc([N+](=O)[O-])n1Cc1cn(Cc2ccc(Br)cc2)nn1. The van der Waals surface area contributed by atoms with Gasteiger partial charge in [0.25, 0.3) is 0 Å². The Hall–Kier alpha value is -2.55.